The van der Waals surface area contributed by atoms with Crippen molar-refractivity contribution >= 4 is 17.3 Å². The maximum absolute atomic E-state index is 14.2. The van der Waals surface area contributed by atoms with Crippen LogP contribution in [0.15, 0.2) is 41.6 Å². The molecule has 0 spiro atoms. The fourth-order valence-corrected chi connectivity index (χ4v) is 2.00. The molecule has 0 saturated carbocycles. The van der Waals surface area contributed by atoms with E-state index in [9.17, 15) is 4.39 Å². The summed E-state index contributed by atoms with van der Waals surface area (Å²) in [6.45, 7) is 3.90. The van der Waals surface area contributed by atoms with Gasteiger partial charge in [-0.1, -0.05) is 24.3 Å². The predicted molar refractivity (Wildman–Crippen MR) is 78.2 cm³/mol. The van der Waals surface area contributed by atoms with Crippen molar-refractivity contribution in [1.29, 1.82) is 0 Å². The molecule has 2 nitrogen and oxygen atoms in total. The molecule has 0 amide bonds. The summed E-state index contributed by atoms with van der Waals surface area (Å²) in [6, 6.07) is 4.57. The standard InChI is InChI=1S/C16H12ClFNO.Y/c1-4-10-20-15-7-5-6-13(18)16(15)14-9-8-12(17)11(2)19(14)3;/h1,5-8H,2,10H2,3H3;/q-1;. The number of nitrogens with zero attached hydrogens (tertiary/aromatic N) is 1. The Morgan fingerprint density at radius 1 is 1.52 bits per heavy atom. The Bertz CT molecular complexity index is 661. The minimum Gasteiger partial charge on any atom is -0.493 e. The van der Waals surface area contributed by atoms with E-state index in [1.165, 1.54) is 6.07 Å². The summed E-state index contributed by atoms with van der Waals surface area (Å²) in [4.78, 5) is 1.66. The van der Waals surface area contributed by atoms with Crippen LogP contribution in [-0.4, -0.2) is 18.6 Å². The number of terminal acetylenes is 1. The third kappa shape index (κ3) is 3.77. The quantitative estimate of drug-likeness (QED) is 0.590. The Labute approximate surface area is 154 Å². The van der Waals surface area contributed by atoms with Crippen molar-refractivity contribution in [2.75, 3.05) is 13.7 Å². The number of hydrogen-bond donors (Lipinski definition) is 0. The minimum absolute atomic E-state index is 0. The molecule has 1 aromatic carbocycles. The molecule has 1 aromatic rings. The molecule has 1 radical (unpaired) electrons. The summed E-state index contributed by atoms with van der Waals surface area (Å²) in [5, 5.41) is 0.457. The maximum atomic E-state index is 14.2. The average Bonchev–Trinajstić information content (AvgIpc) is 2.44. The Kier molecular flexibility index (Phi) is 6.67. The molecule has 2 rings (SSSR count). The molecule has 0 unspecified atom stereocenters. The van der Waals surface area contributed by atoms with Crippen LogP contribution in [0.3, 0.4) is 0 Å². The van der Waals surface area contributed by atoms with E-state index >= 15 is 0 Å². The molecular formula is C16H12ClFNOY-. The molecule has 0 N–H and O–H groups in total. The van der Waals surface area contributed by atoms with Gasteiger partial charge in [0.15, 0.2) is 0 Å². The third-order valence-corrected chi connectivity index (χ3v) is 3.20. The summed E-state index contributed by atoms with van der Waals surface area (Å²) in [5.74, 6) is 2.29. The molecule has 1 heterocycles. The van der Waals surface area contributed by atoms with Crippen LogP contribution in [0.4, 0.5) is 4.39 Å². The monoisotopic (exact) mass is 377 g/mol. The number of halogens is 2. The van der Waals surface area contributed by atoms with E-state index in [1.54, 1.807) is 30.2 Å². The van der Waals surface area contributed by atoms with E-state index in [4.69, 9.17) is 22.8 Å². The molecule has 5 heteroatoms. The minimum atomic E-state index is -0.423. The Morgan fingerprint density at radius 2 is 2.24 bits per heavy atom. The summed E-state index contributed by atoms with van der Waals surface area (Å²) in [7, 11) is 1.73. The first-order valence-corrected chi connectivity index (χ1v) is 6.21. The van der Waals surface area contributed by atoms with Gasteiger partial charge in [-0.05, 0) is 28.4 Å². The number of likely N-dealkylation sites (N-methyl/N-ethyl adjacent to an activating group) is 1. The Morgan fingerprint density at radius 3 is 2.90 bits per heavy atom. The van der Waals surface area contributed by atoms with E-state index in [-0.39, 0.29) is 44.9 Å². The number of rotatable bonds is 3. The summed E-state index contributed by atoms with van der Waals surface area (Å²) in [5.41, 5.74) is 1.34. The van der Waals surface area contributed by atoms with Gasteiger partial charge in [-0.3, -0.25) is 0 Å². The summed E-state index contributed by atoms with van der Waals surface area (Å²) >= 11 is 5.97. The zero-order chi connectivity index (χ0) is 14.7. The second-order valence-corrected chi connectivity index (χ2v) is 4.50. The van der Waals surface area contributed by atoms with Crippen LogP contribution in [-0.2, 0) is 32.7 Å². The largest absolute Gasteiger partial charge is 0.493 e. The van der Waals surface area contributed by atoms with Gasteiger partial charge in [0.05, 0.1) is 11.6 Å². The van der Waals surface area contributed by atoms with Crippen LogP contribution in [0.2, 0.25) is 0 Å². The Hall–Kier alpha value is -1.08. The van der Waals surface area contributed by atoms with Gasteiger partial charge in [0.25, 0.3) is 0 Å². The molecular weight excluding hydrogens is 366 g/mol. The van der Waals surface area contributed by atoms with E-state index in [1.807, 2.05) is 0 Å². The SMILES string of the molecule is C#CCOc1cccc(F)c1C1=[C-]C=C(Cl)C(=C)N1C.[Y]. The molecule has 21 heavy (non-hydrogen) atoms. The average molecular weight is 378 g/mol. The topological polar surface area (TPSA) is 12.5 Å². The van der Waals surface area contributed by atoms with Crippen molar-refractivity contribution in [2.45, 2.75) is 0 Å². The molecule has 1 aliphatic rings. The van der Waals surface area contributed by atoms with Crippen LogP contribution in [0.5, 0.6) is 5.75 Å². The van der Waals surface area contributed by atoms with Crippen LogP contribution in [0.25, 0.3) is 5.70 Å². The van der Waals surface area contributed by atoms with Gasteiger partial charge in [0, 0.05) is 39.8 Å². The van der Waals surface area contributed by atoms with Gasteiger partial charge in [-0.2, -0.15) is 23.8 Å². The fraction of sp³-hybridized carbons (Fsp3) is 0.125. The van der Waals surface area contributed by atoms with Crippen molar-refractivity contribution < 1.29 is 41.8 Å². The predicted octanol–water partition coefficient (Wildman–Crippen LogP) is 3.56. The van der Waals surface area contributed by atoms with Crippen molar-refractivity contribution in [3.05, 3.63) is 59.0 Å². The van der Waals surface area contributed by atoms with Gasteiger partial charge in [-0.25, -0.2) is 4.39 Å². The molecule has 0 atom stereocenters. The first-order chi connectivity index (χ1) is 9.56. The number of allylic oxidation sites excluding steroid dienone is 3. The zero-order valence-electron chi connectivity index (χ0n) is 11.5. The summed E-state index contributed by atoms with van der Waals surface area (Å²) < 4.78 is 19.5. The van der Waals surface area contributed by atoms with Crippen molar-refractivity contribution in [3.8, 4) is 18.1 Å². The van der Waals surface area contributed by atoms with Gasteiger partial charge < -0.3 is 9.64 Å². The summed E-state index contributed by atoms with van der Waals surface area (Å²) in [6.07, 6.45) is 9.66. The van der Waals surface area contributed by atoms with E-state index in [0.717, 1.165) is 0 Å². The van der Waals surface area contributed by atoms with Gasteiger partial charge in [-0.15, -0.1) is 6.42 Å². The zero-order valence-corrected chi connectivity index (χ0v) is 15.1. The first kappa shape index (κ1) is 18.0. The second-order valence-electron chi connectivity index (χ2n) is 4.10. The molecule has 0 bridgehead atoms. The van der Waals surface area contributed by atoms with Crippen LogP contribution < -0.4 is 4.74 Å². The molecule has 105 valence electrons. The van der Waals surface area contributed by atoms with Crippen molar-refractivity contribution in [1.82, 2.24) is 4.90 Å². The first-order valence-electron chi connectivity index (χ1n) is 5.83. The van der Waals surface area contributed by atoms with E-state index in [0.29, 0.717) is 22.2 Å². The van der Waals surface area contributed by atoms with Crippen LogP contribution >= 0.6 is 11.6 Å². The number of hydrogen-bond acceptors (Lipinski definition) is 2. The van der Waals surface area contributed by atoms with Gasteiger partial charge >= 0.3 is 0 Å². The number of ether oxygens (including phenoxy) is 1. The van der Waals surface area contributed by atoms with Crippen LogP contribution in [0.1, 0.15) is 5.56 Å². The van der Waals surface area contributed by atoms with Gasteiger partial charge in [0.1, 0.15) is 6.61 Å². The van der Waals surface area contributed by atoms with Gasteiger partial charge in [0.2, 0.25) is 0 Å². The Balaban J connectivity index is 0.00000220. The second kappa shape index (κ2) is 7.80. The molecule has 0 fully saturated rings. The molecule has 1 aliphatic heterocycles. The third-order valence-electron chi connectivity index (χ3n) is 2.87. The van der Waals surface area contributed by atoms with Crippen molar-refractivity contribution in [2.24, 2.45) is 0 Å². The van der Waals surface area contributed by atoms with E-state index < -0.39 is 5.82 Å². The van der Waals surface area contributed by atoms with E-state index in [2.05, 4.69) is 18.6 Å². The smallest absolute Gasteiger partial charge is 0.147 e. The molecule has 0 aliphatic carbocycles. The maximum Gasteiger partial charge on any atom is 0.147 e. The molecule has 0 saturated heterocycles. The number of benzene rings is 1. The van der Waals surface area contributed by atoms with Crippen molar-refractivity contribution in [3.63, 3.8) is 0 Å². The molecule has 0 aromatic heterocycles. The van der Waals surface area contributed by atoms with Crippen LogP contribution in [0, 0.1) is 24.2 Å². The normalized spacial score (nSPS) is 13.8. The fourth-order valence-electron chi connectivity index (χ4n) is 1.82.